The summed E-state index contributed by atoms with van der Waals surface area (Å²) in [5, 5.41) is 8.06. The van der Waals surface area contributed by atoms with E-state index in [9.17, 15) is 9.59 Å². The highest BCUT2D eigenvalue weighted by molar-refractivity contribution is 5.99. The third kappa shape index (κ3) is 4.37. The minimum absolute atomic E-state index is 0.0397. The molecule has 0 bridgehead atoms. The average Bonchev–Trinajstić information content (AvgIpc) is 3.33. The van der Waals surface area contributed by atoms with Crippen LogP contribution in [0.3, 0.4) is 0 Å². The van der Waals surface area contributed by atoms with E-state index in [-0.39, 0.29) is 17.4 Å². The molecule has 0 unspecified atom stereocenters. The molecule has 1 atom stereocenters. The standard InChI is InChI=1S/C28H27N9O2/c1-17(32-24-21(15-30-28(29)34-24)26(38)36-12-7-13-36)25-33-22-11-6-10-20(18-14-31-35(2)16-18)23(22)27(39)37(25)19-8-4-3-5-9-19/h3-6,8-11,14-17H,7,12-13H2,1-2H3,(H3,29,30,32,34)/t17-/m1/s1. The molecule has 0 aliphatic carbocycles. The molecule has 4 heterocycles. The Morgan fingerprint density at radius 3 is 2.54 bits per heavy atom. The van der Waals surface area contributed by atoms with Crippen LogP contribution in [0.4, 0.5) is 11.8 Å². The van der Waals surface area contributed by atoms with Crippen LogP contribution in [0.1, 0.15) is 35.6 Å². The molecule has 3 N–H and O–H groups in total. The lowest BCUT2D eigenvalue weighted by molar-refractivity contribution is 0.0652. The number of aryl methyl sites for hydroxylation is 1. The lowest BCUT2D eigenvalue weighted by Crippen LogP contribution is -2.42. The zero-order chi connectivity index (χ0) is 27.1. The molecule has 11 nitrogen and oxygen atoms in total. The van der Waals surface area contributed by atoms with Gasteiger partial charge in [0.05, 0.1) is 28.8 Å². The van der Waals surface area contributed by atoms with Crippen LogP contribution >= 0.6 is 0 Å². The predicted octanol–water partition coefficient (Wildman–Crippen LogP) is 3.18. The van der Waals surface area contributed by atoms with E-state index < -0.39 is 6.04 Å². The number of aromatic nitrogens is 6. The van der Waals surface area contributed by atoms with E-state index in [2.05, 4.69) is 20.4 Å². The molecule has 1 saturated heterocycles. The summed E-state index contributed by atoms with van der Waals surface area (Å²) in [7, 11) is 1.83. The van der Waals surface area contributed by atoms with Gasteiger partial charge in [-0.2, -0.15) is 10.1 Å². The Morgan fingerprint density at radius 2 is 1.85 bits per heavy atom. The maximum Gasteiger partial charge on any atom is 0.266 e. The average molecular weight is 522 g/mol. The second-order valence-corrected chi connectivity index (χ2v) is 9.55. The molecule has 196 valence electrons. The number of anilines is 2. The number of nitrogen functional groups attached to an aromatic ring is 1. The number of likely N-dealkylation sites (tertiary alicyclic amines) is 1. The molecule has 2 aromatic carbocycles. The van der Waals surface area contributed by atoms with Gasteiger partial charge in [-0.1, -0.05) is 30.3 Å². The number of nitrogens with zero attached hydrogens (tertiary/aromatic N) is 7. The first-order valence-electron chi connectivity index (χ1n) is 12.7. The second-order valence-electron chi connectivity index (χ2n) is 9.55. The van der Waals surface area contributed by atoms with E-state index >= 15 is 0 Å². The Balaban J connectivity index is 1.51. The van der Waals surface area contributed by atoms with Crippen molar-refractivity contribution in [2.24, 2.45) is 7.05 Å². The molecule has 0 spiro atoms. The van der Waals surface area contributed by atoms with E-state index in [1.54, 1.807) is 20.3 Å². The number of carbonyl (C=O) groups excluding carboxylic acids is 1. The van der Waals surface area contributed by atoms with E-state index in [1.165, 1.54) is 6.20 Å². The second kappa shape index (κ2) is 9.67. The van der Waals surface area contributed by atoms with E-state index in [0.717, 1.165) is 17.5 Å². The third-order valence-electron chi connectivity index (χ3n) is 6.88. The molecule has 11 heteroatoms. The van der Waals surface area contributed by atoms with Crippen molar-refractivity contribution in [1.29, 1.82) is 0 Å². The van der Waals surface area contributed by atoms with Gasteiger partial charge >= 0.3 is 0 Å². The zero-order valence-electron chi connectivity index (χ0n) is 21.6. The van der Waals surface area contributed by atoms with Crippen molar-refractivity contribution >= 4 is 28.6 Å². The maximum absolute atomic E-state index is 14.2. The summed E-state index contributed by atoms with van der Waals surface area (Å²) in [5.74, 6) is 0.633. The summed E-state index contributed by atoms with van der Waals surface area (Å²) in [6, 6.07) is 14.4. The number of nitrogens with two attached hydrogens (primary N) is 1. The number of hydrogen-bond donors (Lipinski definition) is 2. The number of rotatable bonds is 6. The van der Waals surface area contributed by atoms with Gasteiger partial charge in [-0.3, -0.25) is 18.8 Å². The Hall–Kier alpha value is -5.06. The van der Waals surface area contributed by atoms with Gasteiger partial charge in [-0.05, 0) is 37.1 Å². The molecular formula is C28H27N9O2. The molecular weight excluding hydrogens is 494 g/mol. The normalized spacial score (nSPS) is 13.7. The van der Waals surface area contributed by atoms with Crippen molar-refractivity contribution in [3.05, 3.63) is 88.9 Å². The Bertz CT molecular complexity index is 1760. The summed E-state index contributed by atoms with van der Waals surface area (Å²) >= 11 is 0. The number of para-hydroxylation sites is 1. The quantitative estimate of drug-likeness (QED) is 0.348. The van der Waals surface area contributed by atoms with Crippen molar-refractivity contribution in [3.8, 4) is 16.8 Å². The van der Waals surface area contributed by atoms with Crippen molar-refractivity contribution in [3.63, 3.8) is 0 Å². The maximum atomic E-state index is 14.2. The van der Waals surface area contributed by atoms with Gasteiger partial charge < -0.3 is 16.0 Å². The lowest BCUT2D eigenvalue weighted by Gasteiger charge is -2.31. The summed E-state index contributed by atoms with van der Waals surface area (Å²) in [5.41, 5.74) is 8.80. The van der Waals surface area contributed by atoms with Crippen molar-refractivity contribution < 1.29 is 4.79 Å². The number of amides is 1. The SMILES string of the molecule is C[C@@H](Nc1nc(N)ncc1C(=O)N1CCC1)c1nc2cccc(-c3cnn(C)c3)c2c(=O)n1-c1ccccc1. The number of hydrogen-bond acceptors (Lipinski definition) is 8. The summed E-state index contributed by atoms with van der Waals surface area (Å²) in [6.45, 7) is 3.25. The summed E-state index contributed by atoms with van der Waals surface area (Å²) in [6.07, 6.45) is 6.01. The Kier molecular flexibility index (Phi) is 6.02. The van der Waals surface area contributed by atoms with Gasteiger partial charge in [0.15, 0.2) is 0 Å². The lowest BCUT2D eigenvalue weighted by atomic mass is 10.0. The largest absolute Gasteiger partial charge is 0.368 e. The first-order valence-corrected chi connectivity index (χ1v) is 12.7. The Labute approximate surface area is 224 Å². The van der Waals surface area contributed by atoms with Crippen LogP contribution in [0, 0.1) is 0 Å². The van der Waals surface area contributed by atoms with E-state index in [1.807, 2.05) is 68.7 Å². The van der Waals surface area contributed by atoms with Crippen LogP contribution in [0.15, 0.2) is 71.9 Å². The van der Waals surface area contributed by atoms with Crippen LogP contribution in [-0.4, -0.2) is 53.2 Å². The summed E-state index contributed by atoms with van der Waals surface area (Å²) < 4.78 is 3.30. The fourth-order valence-corrected chi connectivity index (χ4v) is 4.79. The number of benzene rings is 2. The molecule has 39 heavy (non-hydrogen) atoms. The Morgan fingerprint density at radius 1 is 1.05 bits per heavy atom. The fraction of sp³-hybridized carbons (Fsp3) is 0.214. The predicted molar refractivity (Wildman–Crippen MR) is 149 cm³/mol. The highest BCUT2D eigenvalue weighted by atomic mass is 16.2. The molecule has 1 fully saturated rings. The molecule has 6 rings (SSSR count). The first-order chi connectivity index (χ1) is 18.9. The minimum atomic E-state index is -0.526. The zero-order valence-corrected chi connectivity index (χ0v) is 21.6. The number of nitrogens with one attached hydrogen (secondary N) is 1. The highest BCUT2D eigenvalue weighted by Crippen LogP contribution is 2.29. The van der Waals surface area contributed by atoms with Crippen LogP contribution in [-0.2, 0) is 7.05 Å². The fourth-order valence-electron chi connectivity index (χ4n) is 4.79. The van der Waals surface area contributed by atoms with Gasteiger partial charge in [0, 0.05) is 38.1 Å². The molecule has 1 amide bonds. The molecule has 5 aromatic rings. The smallest absolute Gasteiger partial charge is 0.266 e. The van der Waals surface area contributed by atoms with Crippen LogP contribution in [0.5, 0.6) is 0 Å². The van der Waals surface area contributed by atoms with Crippen molar-refractivity contribution in [2.45, 2.75) is 19.4 Å². The molecule has 3 aromatic heterocycles. The van der Waals surface area contributed by atoms with E-state index in [0.29, 0.717) is 46.9 Å². The van der Waals surface area contributed by atoms with Gasteiger partial charge in [0.1, 0.15) is 17.2 Å². The van der Waals surface area contributed by atoms with Gasteiger partial charge in [-0.15, -0.1) is 0 Å². The third-order valence-corrected chi connectivity index (χ3v) is 6.88. The van der Waals surface area contributed by atoms with Crippen LogP contribution in [0.2, 0.25) is 0 Å². The van der Waals surface area contributed by atoms with Gasteiger partial charge in [0.2, 0.25) is 5.95 Å². The monoisotopic (exact) mass is 521 g/mol. The molecule has 1 aliphatic rings. The molecule has 1 aliphatic heterocycles. The van der Waals surface area contributed by atoms with Crippen LogP contribution < -0.4 is 16.6 Å². The molecule has 0 radical (unpaired) electrons. The first kappa shape index (κ1) is 24.3. The minimum Gasteiger partial charge on any atom is -0.368 e. The number of carbonyl (C=O) groups is 1. The van der Waals surface area contributed by atoms with E-state index in [4.69, 9.17) is 10.7 Å². The summed E-state index contributed by atoms with van der Waals surface area (Å²) in [4.78, 5) is 42.4. The molecule has 0 saturated carbocycles. The van der Waals surface area contributed by atoms with Gasteiger partial charge in [-0.25, -0.2) is 9.97 Å². The number of fused-ring (bicyclic) bond motifs is 1. The topological polar surface area (TPSA) is 137 Å². The van der Waals surface area contributed by atoms with Crippen LogP contribution in [0.25, 0.3) is 27.7 Å². The highest BCUT2D eigenvalue weighted by Gasteiger charge is 2.27. The van der Waals surface area contributed by atoms with Gasteiger partial charge in [0.25, 0.3) is 11.5 Å². The van der Waals surface area contributed by atoms with Crippen molar-refractivity contribution in [1.82, 2.24) is 34.2 Å². The van der Waals surface area contributed by atoms with Crippen molar-refractivity contribution in [2.75, 3.05) is 24.1 Å².